The number of hydrogen-bond donors (Lipinski definition) is 3. The van der Waals surface area contributed by atoms with Crippen LogP contribution in [0.3, 0.4) is 0 Å². The van der Waals surface area contributed by atoms with E-state index >= 15 is 0 Å². The van der Waals surface area contributed by atoms with Gasteiger partial charge in [0.1, 0.15) is 11.5 Å². The summed E-state index contributed by atoms with van der Waals surface area (Å²) in [5.41, 5.74) is 5.72. The highest BCUT2D eigenvalue weighted by Gasteiger charge is 2.46. The van der Waals surface area contributed by atoms with Gasteiger partial charge in [-0.25, -0.2) is 10.5 Å². The zero-order chi connectivity index (χ0) is 43.3. The van der Waals surface area contributed by atoms with Gasteiger partial charge in [-0.2, -0.15) is 13.0 Å². The highest BCUT2D eigenvalue weighted by Crippen LogP contribution is 2.55. The third-order valence-corrected chi connectivity index (χ3v) is 14.6. The maximum absolute atomic E-state index is 12.4. The first-order valence-electron chi connectivity index (χ1n) is 20.2. The van der Waals surface area contributed by atoms with Crippen LogP contribution in [0.15, 0.2) is 94.7 Å². The van der Waals surface area contributed by atoms with Crippen molar-refractivity contribution in [2.45, 2.75) is 61.7 Å². The Bertz CT molecular complexity index is 3280. The summed E-state index contributed by atoms with van der Waals surface area (Å²) < 4.78 is 54.2. The van der Waals surface area contributed by atoms with Crippen LogP contribution in [0.25, 0.3) is 49.2 Å². The molecule has 7 aromatic rings. The molecule has 0 amide bonds. The molecule has 62 heavy (non-hydrogen) atoms. The fourth-order valence-electron chi connectivity index (χ4n) is 9.96. The van der Waals surface area contributed by atoms with Crippen LogP contribution >= 0.6 is 24.1 Å². The molecule has 0 aromatic heterocycles. The lowest BCUT2D eigenvalue weighted by atomic mass is 9.80. The van der Waals surface area contributed by atoms with Crippen LogP contribution in [0.5, 0.6) is 11.5 Å². The van der Waals surface area contributed by atoms with E-state index in [1.165, 1.54) is 12.1 Å². The fraction of sp³-hybridized carbons (Fsp3) is 0.255. The summed E-state index contributed by atoms with van der Waals surface area (Å²) in [4.78, 5) is 3.02. The van der Waals surface area contributed by atoms with Gasteiger partial charge < -0.3 is 9.64 Å². The van der Waals surface area contributed by atoms with E-state index in [0.29, 0.717) is 24.2 Å². The maximum Gasteiger partial charge on any atom is 0.294 e. The van der Waals surface area contributed by atoms with E-state index in [9.17, 15) is 13.0 Å². The van der Waals surface area contributed by atoms with E-state index in [1.54, 1.807) is 6.07 Å². The first kappa shape index (κ1) is 41.2. The van der Waals surface area contributed by atoms with Crippen molar-refractivity contribution in [2.24, 2.45) is 0 Å². The van der Waals surface area contributed by atoms with Crippen molar-refractivity contribution >= 4 is 94.7 Å². The number of rotatable bonds is 11. The van der Waals surface area contributed by atoms with Crippen molar-refractivity contribution in [3.63, 3.8) is 0 Å². The van der Waals surface area contributed by atoms with Gasteiger partial charge in [-0.05, 0) is 114 Å². The summed E-state index contributed by atoms with van der Waals surface area (Å²) in [7, 11) is -4.44. The molecule has 3 N–H and O–H groups in total. The molecule has 0 bridgehead atoms. The van der Waals surface area contributed by atoms with Crippen LogP contribution in [-0.4, -0.2) is 48.9 Å². The van der Waals surface area contributed by atoms with Gasteiger partial charge in [0, 0.05) is 75.1 Å². The van der Waals surface area contributed by atoms with Gasteiger partial charge in [-0.1, -0.05) is 53.8 Å². The van der Waals surface area contributed by atoms with Crippen molar-refractivity contribution in [3.8, 4) is 11.5 Å². The van der Waals surface area contributed by atoms with Crippen LogP contribution in [0.2, 0.25) is 0 Å². The Kier molecular flexibility index (Phi) is 10.1. The molecule has 0 fully saturated rings. The van der Waals surface area contributed by atoms with Crippen molar-refractivity contribution in [3.05, 3.63) is 118 Å². The summed E-state index contributed by atoms with van der Waals surface area (Å²) >= 11 is 1.96. The number of hydrogen-bond acceptors (Lipinski definition) is 12. The Morgan fingerprint density at radius 2 is 1.47 bits per heavy atom. The molecule has 3 heterocycles. The smallest absolute Gasteiger partial charge is 0.294 e. The first-order chi connectivity index (χ1) is 29.7. The summed E-state index contributed by atoms with van der Waals surface area (Å²) in [6.45, 7) is 13.2. The lowest BCUT2D eigenvalue weighted by molar-refractivity contribution is -0.432. The van der Waals surface area contributed by atoms with Crippen LogP contribution in [0.4, 0.5) is 11.4 Å². The Labute approximate surface area is 365 Å². The zero-order valence-corrected chi connectivity index (χ0v) is 37.0. The van der Waals surface area contributed by atoms with Crippen molar-refractivity contribution in [1.29, 1.82) is 0 Å². The van der Waals surface area contributed by atoms with Gasteiger partial charge in [-0.15, -0.1) is 8.67 Å². The zero-order valence-electron chi connectivity index (χ0n) is 34.5. The lowest BCUT2D eigenvalue weighted by Gasteiger charge is -2.28. The van der Waals surface area contributed by atoms with E-state index < -0.39 is 10.1 Å². The molecule has 318 valence electrons. The predicted molar refractivity (Wildman–Crippen MR) is 243 cm³/mol. The summed E-state index contributed by atoms with van der Waals surface area (Å²) in [6, 6.07) is 27.8. The van der Waals surface area contributed by atoms with Crippen molar-refractivity contribution in [2.75, 3.05) is 30.3 Å². The molecule has 0 radical (unpaired) electrons. The third kappa shape index (κ3) is 6.83. The Hall–Kier alpha value is -4.78. The second kappa shape index (κ2) is 15.2. The highest BCUT2D eigenvalue weighted by atomic mass is 32.2. The minimum atomic E-state index is -4.44. The molecule has 3 aliphatic heterocycles. The van der Waals surface area contributed by atoms with E-state index in [1.807, 2.05) is 18.2 Å². The van der Waals surface area contributed by atoms with E-state index in [-0.39, 0.29) is 15.7 Å². The first-order valence-corrected chi connectivity index (χ1v) is 23.3. The Balaban J connectivity index is 1.32. The monoisotopic (exact) mass is 891 g/mol. The molecule has 12 nitrogen and oxygen atoms in total. The third-order valence-electron chi connectivity index (χ3n) is 12.5. The van der Waals surface area contributed by atoms with Gasteiger partial charge in [0.25, 0.3) is 10.1 Å². The number of benzene rings is 7. The number of anilines is 1. The van der Waals surface area contributed by atoms with Crippen LogP contribution < -0.4 is 24.8 Å². The molecular formula is C47H43N2O10S3+. The van der Waals surface area contributed by atoms with Gasteiger partial charge in [-0.3, -0.25) is 4.55 Å². The van der Waals surface area contributed by atoms with Gasteiger partial charge in [0.2, 0.25) is 11.0 Å². The molecule has 15 heteroatoms. The highest BCUT2D eigenvalue weighted by molar-refractivity contribution is 7.94. The lowest BCUT2D eigenvalue weighted by Crippen LogP contribution is -2.30. The van der Waals surface area contributed by atoms with Crippen molar-refractivity contribution < 1.29 is 47.0 Å². The minimum Gasteiger partial charge on any atom is -0.455 e. The summed E-state index contributed by atoms with van der Waals surface area (Å²) in [5.74, 6) is 2.22. The minimum absolute atomic E-state index is 0.158. The topological polar surface area (TPSA) is 147 Å². The van der Waals surface area contributed by atoms with E-state index in [0.717, 1.165) is 135 Å². The number of ether oxygens (including phenoxy) is 1. The average molecular weight is 892 g/mol. The van der Waals surface area contributed by atoms with Crippen LogP contribution in [0, 0.1) is 6.92 Å². The molecule has 0 spiro atoms. The maximum atomic E-state index is 12.4. The van der Waals surface area contributed by atoms with Gasteiger partial charge >= 0.3 is 0 Å². The molecule has 0 unspecified atom stereocenters. The molecule has 3 aliphatic rings. The molecule has 7 aromatic carbocycles. The molecule has 0 saturated heterocycles. The fourth-order valence-corrected chi connectivity index (χ4v) is 11.2. The van der Waals surface area contributed by atoms with Crippen molar-refractivity contribution in [1.82, 2.24) is 4.58 Å². The molecule has 0 aliphatic carbocycles. The Morgan fingerprint density at radius 1 is 0.774 bits per heavy atom. The quantitative estimate of drug-likeness (QED) is 0.0216. The van der Waals surface area contributed by atoms with Crippen LogP contribution in [0.1, 0.15) is 56.4 Å². The second-order valence-corrected chi connectivity index (χ2v) is 20.6. The standard InChI is InChI=1S/C47H42N2O10S3/c1-26-7-11-31(12-8-26)49-25-47(4,5)41-43(49)37-22-30-18-33(62(52,53)54)14-10-28(30)20-35(37)39-23-38-34-19-27-9-13-32(61-59-57-51)17-29(27)21-36(34)42-40(44(38)55-45(39)41)46(2,3)24-48(42)15-6-16-60-58-56-50/h7-14,17-23H,6,15-16,24-25H2,1-5H3,(H2-,50,51,52,53,54)/p+1. The number of fused-ring (bicyclic) bond motifs is 14. The summed E-state index contributed by atoms with van der Waals surface area (Å²) in [6.07, 6.45) is 3.04. The van der Waals surface area contributed by atoms with Crippen LogP contribution in [-0.2, 0) is 39.7 Å². The predicted octanol–water partition coefficient (Wildman–Crippen LogP) is 9.89. The summed E-state index contributed by atoms with van der Waals surface area (Å²) in [5, 5.41) is 34.7. The Morgan fingerprint density at radius 3 is 2.21 bits per heavy atom. The molecule has 10 rings (SSSR count). The average Bonchev–Trinajstić information content (AvgIpc) is 3.69. The SMILES string of the molecule is Cc1ccc([N+]2=c3c(c4c(c5cc6ccc(S(=O)(=O)O)cc6cc35)=Cc3c(c5c(c6cc7cc(SOOO)ccc7cc36)N(CCCSOOO)CC5(C)C)O4)C(C)(C)C2)cc1. The largest absolute Gasteiger partial charge is 0.455 e. The number of aryl methyl sites for hydroxylation is 1. The second-order valence-electron chi connectivity index (χ2n) is 17.6. The van der Waals surface area contributed by atoms with E-state index in [4.69, 9.17) is 23.9 Å². The molecule has 0 atom stereocenters. The normalized spacial score (nSPS) is 16.1. The molecular weight excluding hydrogens is 849 g/mol. The van der Waals surface area contributed by atoms with E-state index in [2.05, 4.69) is 109 Å². The number of nitrogens with zero attached hydrogens (tertiary/aromatic N) is 2. The van der Waals surface area contributed by atoms with Gasteiger partial charge in [0.15, 0.2) is 6.54 Å². The molecule has 0 saturated carbocycles. The van der Waals surface area contributed by atoms with Gasteiger partial charge in [0.05, 0.1) is 39.0 Å².